The number of benzene rings is 1. The van der Waals surface area contributed by atoms with Crippen molar-refractivity contribution in [3.63, 3.8) is 0 Å². The molecule has 0 amide bonds. The molecule has 1 aromatic heterocycles. The van der Waals surface area contributed by atoms with Crippen molar-refractivity contribution in [2.75, 3.05) is 18.5 Å². The average molecular weight is 314 g/mol. The molecule has 2 heterocycles. The summed E-state index contributed by atoms with van der Waals surface area (Å²) in [5.41, 5.74) is 5.21. The third-order valence-corrected chi connectivity index (χ3v) is 4.37. The Bertz CT molecular complexity index is 763. The lowest BCUT2D eigenvalue weighted by Gasteiger charge is -2.14. The number of aromatic nitrogens is 1. The zero-order chi connectivity index (χ0) is 17.1. The van der Waals surface area contributed by atoms with Crippen molar-refractivity contribution >= 4 is 5.69 Å². The van der Waals surface area contributed by atoms with Gasteiger partial charge in [-0.3, -0.25) is 4.79 Å². The number of rotatable bonds is 2. The van der Waals surface area contributed by atoms with E-state index >= 15 is 0 Å². The van der Waals surface area contributed by atoms with Crippen molar-refractivity contribution < 1.29 is 5.11 Å². The highest BCUT2D eigenvalue weighted by atomic mass is 16.3. The van der Waals surface area contributed by atoms with Crippen LogP contribution >= 0.6 is 0 Å². The molecule has 2 aromatic rings. The summed E-state index contributed by atoms with van der Waals surface area (Å²) < 4.78 is 0. The molecule has 0 radical (unpaired) electrons. The molecule has 1 aromatic carbocycles. The van der Waals surface area contributed by atoms with Crippen LogP contribution in [0.15, 0.2) is 23.0 Å². The van der Waals surface area contributed by atoms with Gasteiger partial charge >= 0.3 is 0 Å². The molecule has 0 saturated heterocycles. The van der Waals surface area contributed by atoms with Gasteiger partial charge in [-0.15, -0.1) is 0 Å². The van der Waals surface area contributed by atoms with Crippen molar-refractivity contribution in [3.8, 4) is 17.0 Å². The Hall–Kier alpha value is -2.23. The summed E-state index contributed by atoms with van der Waals surface area (Å²) >= 11 is 0. The lowest BCUT2D eigenvalue weighted by atomic mass is 9.99. The molecule has 124 valence electrons. The first-order chi connectivity index (χ1) is 11.0. The quantitative estimate of drug-likeness (QED) is 0.890. The van der Waals surface area contributed by atoms with Crippen LogP contribution in [0.2, 0.25) is 0 Å². The molecule has 0 bridgehead atoms. The van der Waals surface area contributed by atoms with Gasteiger partial charge in [0, 0.05) is 24.8 Å². The number of fused-ring (bicyclic) bond motifs is 1. The van der Waals surface area contributed by atoms with Crippen LogP contribution in [0.1, 0.15) is 37.5 Å². The third kappa shape index (κ3) is 2.98. The summed E-state index contributed by atoms with van der Waals surface area (Å²) in [4.78, 5) is 17.1. The Kier molecular flexibility index (Phi) is 5.14. The van der Waals surface area contributed by atoms with Crippen LogP contribution in [0.4, 0.5) is 5.69 Å². The molecular formula is C19H26N2O2. The second-order valence-corrected chi connectivity index (χ2v) is 5.65. The van der Waals surface area contributed by atoms with Crippen molar-refractivity contribution in [2.24, 2.45) is 0 Å². The van der Waals surface area contributed by atoms with Crippen LogP contribution in [0.3, 0.4) is 0 Å². The predicted molar refractivity (Wildman–Crippen MR) is 96.6 cm³/mol. The highest BCUT2D eigenvalue weighted by Gasteiger charge is 2.19. The van der Waals surface area contributed by atoms with E-state index in [2.05, 4.69) is 29.1 Å². The second kappa shape index (κ2) is 6.90. The zero-order valence-corrected chi connectivity index (χ0v) is 14.7. The number of pyridine rings is 1. The van der Waals surface area contributed by atoms with E-state index in [1.165, 1.54) is 11.3 Å². The molecule has 0 unspecified atom stereocenters. The van der Waals surface area contributed by atoms with Gasteiger partial charge in [0.1, 0.15) is 5.75 Å². The number of anilines is 1. The fourth-order valence-electron chi connectivity index (χ4n) is 3.05. The summed E-state index contributed by atoms with van der Waals surface area (Å²) in [6, 6.07) is 6.23. The maximum absolute atomic E-state index is 12.0. The van der Waals surface area contributed by atoms with Gasteiger partial charge in [0.25, 0.3) is 5.56 Å². The van der Waals surface area contributed by atoms with E-state index in [1.807, 2.05) is 26.8 Å². The van der Waals surface area contributed by atoms with E-state index in [-0.39, 0.29) is 11.3 Å². The number of aromatic amines is 1. The van der Waals surface area contributed by atoms with E-state index < -0.39 is 0 Å². The molecule has 1 aliphatic rings. The van der Waals surface area contributed by atoms with Crippen LogP contribution < -0.4 is 10.5 Å². The summed E-state index contributed by atoms with van der Waals surface area (Å²) in [6.07, 6.45) is 1.69. The molecule has 0 saturated carbocycles. The number of H-pyrrole nitrogens is 1. The Balaban J connectivity index is 0.000000924. The number of hydrogen-bond acceptors (Lipinski definition) is 3. The zero-order valence-electron chi connectivity index (χ0n) is 14.7. The summed E-state index contributed by atoms with van der Waals surface area (Å²) in [5.74, 6) is 0.119. The Morgan fingerprint density at radius 3 is 2.65 bits per heavy atom. The van der Waals surface area contributed by atoms with Crippen molar-refractivity contribution in [2.45, 2.75) is 40.5 Å². The SMILES string of the molecule is CC.CCc1c(-c2ccc3c(c2)CCN3C)[nH]c(=O)c(C)c1O. The normalized spacial score (nSPS) is 12.7. The highest BCUT2D eigenvalue weighted by Crippen LogP contribution is 2.34. The number of aromatic hydroxyl groups is 1. The average Bonchev–Trinajstić information content (AvgIpc) is 2.95. The summed E-state index contributed by atoms with van der Waals surface area (Å²) in [7, 11) is 2.09. The van der Waals surface area contributed by atoms with E-state index in [1.54, 1.807) is 6.92 Å². The fourth-order valence-corrected chi connectivity index (χ4v) is 3.05. The van der Waals surface area contributed by atoms with Crippen LogP contribution in [0, 0.1) is 6.92 Å². The van der Waals surface area contributed by atoms with Gasteiger partial charge in [-0.25, -0.2) is 0 Å². The lowest BCUT2D eigenvalue weighted by molar-refractivity contribution is 0.463. The van der Waals surface area contributed by atoms with Gasteiger partial charge < -0.3 is 15.0 Å². The highest BCUT2D eigenvalue weighted by molar-refractivity contribution is 5.72. The van der Waals surface area contributed by atoms with Crippen molar-refractivity contribution in [1.82, 2.24) is 4.98 Å². The van der Waals surface area contributed by atoms with Crippen LogP contribution in [-0.2, 0) is 12.8 Å². The molecular weight excluding hydrogens is 288 g/mol. The minimum atomic E-state index is -0.225. The van der Waals surface area contributed by atoms with Crippen LogP contribution in [0.25, 0.3) is 11.3 Å². The minimum absolute atomic E-state index is 0.119. The monoisotopic (exact) mass is 314 g/mol. The van der Waals surface area contributed by atoms with E-state index in [0.29, 0.717) is 12.0 Å². The van der Waals surface area contributed by atoms with Crippen LogP contribution in [0.5, 0.6) is 5.75 Å². The first-order valence-corrected chi connectivity index (χ1v) is 8.32. The maximum atomic E-state index is 12.0. The van der Waals surface area contributed by atoms with E-state index in [9.17, 15) is 9.90 Å². The Morgan fingerprint density at radius 1 is 1.30 bits per heavy atom. The first-order valence-electron chi connectivity index (χ1n) is 8.32. The molecule has 4 heteroatoms. The summed E-state index contributed by atoms with van der Waals surface area (Å²) in [5, 5.41) is 10.2. The van der Waals surface area contributed by atoms with Crippen molar-refractivity contribution in [3.05, 3.63) is 45.2 Å². The largest absolute Gasteiger partial charge is 0.507 e. The lowest BCUT2D eigenvalue weighted by Crippen LogP contribution is -2.13. The maximum Gasteiger partial charge on any atom is 0.255 e. The molecule has 1 aliphatic heterocycles. The summed E-state index contributed by atoms with van der Waals surface area (Å²) in [6.45, 7) is 8.65. The smallest absolute Gasteiger partial charge is 0.255 e. The topological polar surface area (TPSA) is 56.3 Å². The van der Waals surface area contributed by atoms with Gasteiger partial charge in [0.2, 0.25) is 0 Å². The minimum Gasteiger partial charge on any atom is -0.507 e. The number of nitrogens with one attached hydrogen (secondary N) is 1. The molecule has 0 spiro atoms. The molecule has 0 aliphatic carbocycles. The molecule has 0 atom stereocenters. The predicted octanol–water partition coefficient (Wildman–Crippen LogP) is 3.64. The molecule has 23 heavy (non-hydrogen) atoms. The van der Waals surface area contributed by atoms with Gasteiger partial charge in [0.15, 0.2) is 0 Å². The fraction of sp³-hybridized carbons (Fsp3) is 0.421. The molecule has 0 fully saturated rings. The number of nitrogens with zero attached hydrogens (tertiary/aromatic N) is 1. The molecule has 3 rings (SSSR count). The van der Waals surface area contributed by atoms with E-state index in [0.717, 1.165) is 29.8 Å². The second-order valence-electron chi connectivity index (χ2n) is 5.65. The van der Waals surface area contributed by atoms with Gasteiger partial charge in [-0.2, -0.15) is 0 Å². The third-order valence-electron chi connectivity index (χ3n) is 4.37. The van der Waals surface area contributed by atoms with Crippen LogP contribution in [-0.4, -0.2) is 23.7 Å². The van der Waals surface area contributed by atoms with Gasteiger partial charge in [-0.1, -0.05) is 26.8 Å². The molecule has 4 nitrogen and oxygen atoms in total. The Labute approximate surface area is 137 Å². The first kappa shape index (κ1) is 17.1. The van der Waals surface area contributed by atoms with Crippen molar-refractivity contribution in [1.29, 1.82) is 0 Å². The van der Waals surface area contributed by atoms with E-state index in [4.69, 9.17) is 0 Å². The Morgan fingerprint density at radius 2 is 2.00 bits per heavy atom. The number of likely N-dealkylation sites (N-methyl/N-ethyl adjacent to an activating group) is 1. The molecule has 2 N–H and O–H groups in total. The number of hydrogen-bond donors (Lipinski definition) is 2. The van der Waals surface area contributed by atoms with Gasteiger partial charge in [0.05, 0.1) is 11.3 Å². The standard InChI is InChI=1S/C17H20N2O2.C2H6/c1-4-13-15(18-17(21)10(2)16(13)20)12-5-6-14-11(9-12)7-8-19(14)3;1-2/h5-6,9H,4,7-8H2,1-3H3,(H2,18,20,21);1-2H3. The van der Waals surface area contributed by atoms with Gasteiger partial charge in [-0.05, 0) is 43.0 Å².